The van der Waals surface area contributed by atoms with Crippen molar-refractivity contribution in [3.05, 3.63) is 30.1 Å². The van der Waals surface area contributed by atoms with Crippen LogP contribution in [0.3, 0.4) is 0 Å². The number of piperidine rings is 2. The number of halogens is 2. The van der Waals surface area contributed by atoms with E-state index in [1.807, 2.05) is 24.2 Å². The van der Waals surface area contributed by atoms with Gasteiger partial charge in [-0.2, -0.15) is 0 Å². The van der Waals surface area contributed by atoms with Crippen molar-refractivity contribution in [1.82, 2.24) is 20.1 Å². The van der Waals surface area contributed by atoms with Gasteiger partial charge >= 0.3 is 0 Å². The normalized spacial score (nSPS) is 18.8. The Bertz CT molecular complexity index is 547. The van der Waals surface area contributed by atoms with E-state index in [0.29, 0.717) is 11.9 Å². The molecule has 0 aromatic carbocycles. The van der Waals surface area contributed by atoms with Crippen LogP contribution < -0.4 is 5.32 Å². The highest BCUT2D eigenvalue weighted by molar-refractivity contribution is 5.85. The highest BCUT2D eigenvalue weighted by Gasteiger charge is 2.25. The molecule has 0 aliphatic carbocycles. The molecule has 0 unspecified atom stereocenters. The van der Waals surface area contributed by atoms with Crippen LogP contribution in [0.25, 0.3) is 0 Å². The van der Waals surface area contributed by atoms with Gasteiger partial charge in [0.15, 0.2) is 0 Å². The van der Waals surface area contributed by atoms with Crippen LogP contribution in [0.5, 0.6) is 0 Å². The number of amides is 1. The minimum Gasteiger partial charge on any atom is -0.343 e. The summed E-state index contributed by atoms with van der Waals surface area (Å²) in [6, 6.07) is 6.54. The number of hydrogen-bond acceptors (Lipinski definition) is 4. The van der Waals surface area contributed by atoms with Crippen LogP contribution in [0.1, 0.15) is 44.2 Å². The lowest BCUT2D eigenvalue weighted by Crippen LogP contribution is -2.46. The summed E-state index contributed by atoms with van der Waals surface area (Å²) in [4.78, 5) is 21.5. The predicted octanol–water partition coefficient (Wildman–Crippen LogP) is 3.17. The first kappa shape index (κ1) is 25.2. The summed E-state index contributed by atoms with van der Waals surface area (Å²) in [7, 11) is 2.01. The summed E-state index contributed by atoms with van der Waals surface area (Å²) in [6.07, 6.45) is 9.31. The van der Waals surface area contributed by atoms with E-state index in [1.165, 1.54) is 18.5 Å². The maximum Gasteiger partial charge on any atom is 0.222 e. The van der Waals surface area contributed by atoms with Crippen LogP contribution >= 0.6 is 24.8 Å². The van der Waals surface area contributed by atoms with Gasteiger partial charge in [-0.05, 0) is 63.2 Å². The van der Waals surface area contributed by atoms with Gasteiger partial charge in [0.2, 0.25) is 5.91 Å². The average molecular weight is 431 g/mol. The predicted molar refractivity (Wildman–Crippen MR) is 119 cm³/mol. The van der Waals surface area contributed by atoms with Crippen LogP contribution in [0, 0.1) is 5.92 Å². The van der Waals surface area contributed by atoms with Gasteiger partial charge in [-0.3, -0.25) is 9.78 Å². The Morgan fingerprint density at radius 2 is 1.89 bits per heavy atom. The van der Waals surface area contributed by atoms with Crippen LogP contribution in [-0.4, -0.2) is 66.5 Å². The molecule has 0 spiro atoms. The van der Waals surface area contributed by atoms with Crippen LogP contribution in [0.15, 0.2) is 24.4 Å². The zero-order valence-corrected chi connectivity index (χ0v) is 18.6. The number of aromatic nitrogens is 1. The Labute approximate surface area is 182 Å². The van der Waals surface area contributed by atoms with E-state index in [-0.39, 0.29) is 24.8 Å². The quantitative estimate of drug-likeness (QED) is 0.721. The maximum absolute atomic E-state index is 12.6. The smallest absolute Gasteiger partial charge is 0.222 e. The van der Waals surface area contributed by atoms with Crippen molar-refractivity contribution in [3.63, 3.8) is 0 Å². The van der Waals surface area contributed by atoms with E-state index in [9.17, 15) is 4.79 Å². The average Bonchev–Trinajstić information content (AvgIpc) is 2.72. The Kier molecular flexibility index (Phi) is 12.0. The minimum absolute atomic E-state index is 0. The number of carbonyl (C=O) groups excluding carboxylic acids is 1. The molecule has 0 saturated carbocycles. The summed E-state index contributed by atoms with van der Waals surface area (Å²) >= 11 is 0. The van der Waals surface area contributed by atoms with Crippen molar-refractivity contribution >= 4 is 30.7 Å². The molecule has 3 rings (SSSR count). The number of rotatable bonds is 7. The first-order valence-electron chi connectivity index (χ1n) is 10.3. The standard InChI is InChI=1S/C21H34N4O.2ClH/c1-24(21(26)6-5-18-7-13-22-14-8-18)20-10-16-25(17-11-20)15-9-19-4-2-3-12-23-19;;/h2-4,12,18,20,22H,5-11,13-17H2,1H3;2*1H. The van der Waals surface area contributed by atoms with Gasteiger partial charge in [0.05, 0.1) is 0 Å². The molecule has 0 bridgehead atoms. The summed E-state index contributed by atoms with van der Waals surface area (Å²) in [5, 5.41) is 3.40. The van der Waals surface area contributed by atoms with E-state index in [0.717, 1.165) is 70.7 Å². The molecule has 2 aliphatic rings. The first-order chi connectivity index (χ1) is 12.7. The van der Waals surface area contributed by atoms with Crippen molar-refractivity contribution in [2.24, 2.45) is 5.92 Å². The number of pyridine rings is 1. The van der Waals surface area contributed by atoms with Gasteiger partial charge in [-0.1, -0.05) is 6.07 Å². The van der Waals surface area contributed by atoms with E-state index in [1.54, 1.807) is 0 Å². The Morgan fingerprint density at radius 1 is 1.18 bits per heavy atom. The van der Waals surface area contributed by atoms with Crippen LogP contribution in [-0.2, 0) is 11.2 Å². The largest absolute Gasteiger partial charge is 0.343 e. The lowest BCUT2D eigenvalue weighted by atomic mass is 9.92. The number of likely N-dealkylation sites (tertiary alicyclic amines) is 1. The second kappa shape index (κ2) is 13.4. The molecule has 2 aliphatic heterocycles. The fourth-order valence-electron chi connectivity index (χ4n) is 4.23. The molecule has 5 nitrogen and oxygen atoms in total. The Hall–Kier alpha value is -0.880. The number of carbonyl (C=O) groups is 1. The second-order valence-electron chi connectivity index (χ2n) is 7.88. The van der Waals surface area contributed by atoms with Gasteiger partial charge in [0.1, 0.15) is 0 Å². The van der Waals surface area contributed by atoms with Crippen molar-refractivity contribution in [2.45, 2.75) is 51.0 Å². The highest BCUT2D eigenvalue weighted by Crippen LogP contribution is 2.21. The molecule has 0 radical (unpaired) electrons. The molecule has 1 amide bonds. The van der Waals surface area contributed by atoms with Crippen LogP contribution in [0.2, 0.25) is 0 Å². The molecule has 1 aromatic rings. The zero-order valence-electron chi connectivity index (χ0n) is 17.0. The Balaban J connectivity index is 0.00000196. The molecule has 1 N–H and O–H groups in total. The topological polar surface area (TPSA) is 48.5 Å². The SMILES string of the molecule is CN(C(=O)CCC1CCNCC1)C1CCN(CCc2ccccn2)CC1.Cl.Cl. The van der Waals surface area contributed by atoms with Gasteiger partial charge in [-0.25, -0.2) is 0 Å². The van der Waals surface area contributed by atoms with E-state index in [2.05, 4.69) is 27.3 Å². The van der Waals surface area contributed by atoms with Crippen molar-refractivity contribution in [3.8, 4) is 0 Å². The third-order valence-corrected chi connectivity index (χ3v) is 6.13. The highest BCUT2D eigenvalue weighted by atomic mass is 35.5. The number of nitrogens with one attached hydrogen (secondary N) is 1. The zero-order chi connectivity index (χ0) is 18.2. The third kappa shape index (κ3) is 7.86. The van der Waals surface area contributed by atoms with Gasteiger partial charge in [-0.15, -0.1) is 24.8 Å². The number of nitrogens with zero attached hydrogens (tertiary/aromatic N) is 3. The van der Waals surface area contributed by atoms with Crippen LogP contribution in [0.4, 0.5) is 0 Å². The monoisotopic (exact) mass is 430 g/mol. The third-order valence-electron chi connectivity index (χ3n) is 6.13. The molecule has 3 heterocycles. The van der Waals surface area contributed by atoms with E-state index < -0.39 is 0 Å². The maximum atomic E-state index is 12.6. The molecule has 2 fully saturated rings. The van der Waals surface area contributed by atoms with E-state index >= 15 is 0 Å². The molecular formula is C21H36Cl2N4O. The lowest BCUT2D eigenvalue weighted by Gasteiger charge is -2.37. The molecule has 7 heteroatoms. The fourth-order valence-corrected chi connectivity index (χ4v) is 4.23. The molecule has 2 saturated heterocycles. The Morgan fingerprint density at radius 3 is 2.54 bits per heavy atom. The fraction of sp³-hybridized carbons (Fsp3) is 0.714. The molecule has 0 atom stereocenters. The van der Waals surface area contributed by atoms with Crippen molar-refractivity contribution in [2.75, 3.05) is 39.8 Å². The second-order valence-corrected chi connectivity index (χ2v) is 7.88. The van der Waals surface area contributed by atoms with E-state index in [4.69, 9.17) is 0 Å². The summed E-state index contributed by atoms with van der Waals surface area (Å²) in [5.41, 5.74) is 1.17. The van der Waals surface area contributed by atoms with Crippen molar-refractivity contribution in [1.29, 1.82) is 0 Å². The molecule has 1 aromatic heterocycles. The molecule has 28 heavy (non-hydrogen) atoms. The molecule has 160 valence electrons. The van der Waals surface area contributed by atoms with Crippen molar-refractivity contribution < 1.29 is 4.79 Å². The lowest BCUT2D eigenvalue weighted by molar-refractivity contribution is -0.133. The minimum atomic E-state index is 0. The summed E-state index contributed by atoms with van der Waals surface area (Å²) in [5.74, 6) is 1.08. The van der Waals surface area contributed by atoms with Gasteiger partial charge in [0, 0.05) is 57.5 Å². The number of hydrogen-bond donors (Lipinski definition) is 1. The van der Waals surface area contributed by atoms with Gasteiger partial charge < -0.3 is 15.1 Å². The molecular weight excluding hydrogens is 395 g/mol. The van der Waals surface area contributed by atoms with Gasteiger partial charge in [0.25, 0.3) is 0 Å². The summed E-state index contributed by atoms with van der Waals surface area (Å²) < 4.78 is 0. The summed E-state index contributed by atoms with van der Waals surface area (Å²) in [6.45, 7) is 5.47. The first-order valence-corrected chi connectivity index (χ1v) is 10.3.